The Hall–Kier alpha value is -1.33. The number of hydrogen-bond donors (Lipinski definition) is 1. The topological polar surface area (TPSA) is 60.0 Å². The summed E-state index contributed by atoms with van der Waals surface area (Å²) < 4.78 is 2.08. The van der Waals surface area contributed by atoms with Gasteiger partial charge in [-0.15, -0.1) is 0 Å². The van der Waals surface area contributed by atoms with Crippen LogP contribution in [0.2, 0.25) is 5.02 Å². The minimum atomic E-state index is 0.391. The molecule has 0 spiro atoms. The number of fused-ring (bicyclic) bond motifs is 1. The maximum atomic E-state index is 6.08. The van der Waals surface area contributed by atoms with E-state index >= 15 is 0 Å². The Bertz CT molecular complexity index is 601. The summed E-state index contributed by atoms with van der Waals surface area (Å²) in [5, 5.41) is 0.597. The second-order valence-electron chi connectivity index (χ2n) is 5.41. The van der Waals surface area contributed by atoms with Crippen LogP contribution >= 0.6 is 11.6 Å². The van der Waals surface area contributed by atoms with Crippen molar-refractivity contribution in [3.8, 4) is 0 Å². The minimum absolute atomic E-state index is 0.391. The monoisotopic (exact) mass is 293 g/mol. The van der Waals surface area contributed by atoms with E-state index in [-0.39, 0.29) is 0 Å². The lowest BCUT2D eigenvalue weighted by Crippen LogP contribution is -2.35. The van der Waals surface area contributed by atoms with Crippen molar-refractivity contribution in [1.29, 1.82) is 0 Å². The zero-order valence-corrected chi connectivity index (χ0v) is 12.5. The van der Waals surface area contributed by atoms with E-state index in [1.54, 1.807) is 6.20 Å². The highest BCUT2D eigenvalue weighted by Gasteiger charge is 2.24. The van der Waals surface area contributed by atoms with Crippen molar-refractivity contribution >= 4 is 28.7 Å². The lowest BCUT2D eigenvalue weighted by molar-refractivity contribution is 0.189. The first-order chi connectivity index (χ1) is 9.69. The van der Waals surface area contributed by atoms with E-state index in [2.05, 4.69) is 26.4 Å². The Morgan fingerprint density at radius 1 is 1.40 bits per heavy atom. The molecule has 20 heavy (non-hydrogen) atoms. The number of pyridine rings is 1. The van der Waals surface area contributed by atoms with Gasteiger partial charge in [-0.25, -0.2) is 9.97 Å². The third-order valence-electron chi connectivity index (χ3n) is 3.99. The number of halogens is 1. The number of piperidine rings is 1. The molecule has 2 N–H and O–H groups in total. The number of nitrogens with zero attached hydrogens (tertiary/aromatic N) is 4. The molecule has 5 nitrogen and oxygen atoms in total. The smallest absolute Gasteiger partial charge is 0.202 e. The number of nitrogens with two attached hydrogens (primary N) is 1. The van der Waals surface area contributed by atoms with E-state index in [9.17, 15) is 0 Å². The van der Waals surface area contributed by atoms with Crippen molar-refractivity contribution in [1.82, 2.24) is 19.4 Å². The second-order valence-corrected chi connectivity index (χ2v) is 5.85. The van der Waals surface area contributed by atoms with Gasteiger partial charge in [0, 0.05) is 25.3 Å². The minimum Gasteiger partial charge on any atom is -0.369 e. The van der Waals surface area contributed by atoms with Crippen molar-refractivity contribution in [3.05, 3.63) is 17.3 Å². The highest BCUT2D eigenvalue weighted by molar-refractivity contribution is 6.31. The SMILES string of the molecule is CCCN1CCC(n2c(N)nc3cc(Cl)cnc32)CC1. The molecule has 1 saturated heterocycles. The number of imidazole rings is 1. The van der Waals surface area contributed by atoms with Gasteiger partial charge in [0.15, 0.2) is 5.65 Å². The first-order valence-corrected chi connectivity index (χ1v) is 7.58. The lowest BCUT2D eigenvalue weighted by atomic mass is 10.0. The normalized spacial score (nSPS) is 17.9. The van der Waals surface area contributed by atoms with Crippen LogP contribution in [0, 0.1) is 0 Å². The number of likely N-dealkylation sites (tertiary alicyclic amines) is 1. The highest BCUT2D eigenvalue weighted by Crippen LogP contribution is 2.29. The van der Waals surface area contributed by atoms with Crippen LogP contribution < -0.4 is 5.73 Å². The highest BCUT2D eigenvalue weighted by atomic mass is 35.5. The first kappa shape index (κ1) is 13.6. The predicted molar refractivity (Wildman–Crippen MR) is 82.0 cm³/mol. The van der Waals surface area contributed by atoms with Crippen molar-refractivity contribution in [2.45, 2.75) is 32.2 Å². The fraction of sp³-hybridized carbons (Fsp3) is 0.571. The summed E-state index contributed by atoms with van der Waals surface area (Å²) in [6.45, 7) is 5.64. The van der Waals surface area contributed by atoms with Crippen molar-refractivity contribution in [3.63, 3.8) is 0 Å². The Balaban J connectivity index is 1.86. The predicted octanol–water partition coefficient (Wildman–Crippen LogP) is 2.71. The summed E-state index contributed by atoms with van der Waals surface area (Å²) in [6, 6.07) is 2.21. The maximum absolute atomic E-state index is 6.08. The van der Waals surface area contributed by atoms with Gasteiger partial charge >= 0.3 is 0 Å². The number of aromatic nitrogens is 3. The van der Waals surface area contributed by atoms with Crippen LogP contribution in [0.25, 0.3) is 11.2 Å². The standard InChI is InChI=1S/C14H20ClN5/c1-2-5-19-6-3-11(4-7-19)20-13-12(18-14(20)16)8-10(15)9-17-13/h8-9,11H,2-7H2,1H3,(H2,16,18). The molecule has 0 bridgehead atoms. The van der Waals surface area contributed by atoms with Gasteiger partial charge in [-0.05, 0) is 31.9 Å². The van der Waals surface area contributed by atoms with Gasteiger partial charge in [-0.2, -0.15) is 0 Å². The van der Waals surface area contributed by atoms with Crippen molar-refractivity contribution in [2.75, 3.05) is 25.4 Å². The van der Waals surface area contributed by atoms with E-state index in [0.29, 0.717) is 17.0 Å². The van der Waals surface area contributed by atoms with Crippen LogP contribution in [-0.2, 0) is 0 Å². The summed E-state index contributed by atoms with van der Waals surface area (Å²) in [5.41, 5.74) is 7.71. The summed E-state index contributed by atoms with van der Waals surface area (Å²) in [5.74, 6) is 0.545. The molecule has 0 amide bonds. The molecule has 3 rings (SSSR count). The van der Waals surface area contributed by atoms with Gasteiger partial charge < -0.3 is 10.6 Å². The second kappa shape index (κ2) is 5.58. The third-order valence-corrected chi connectivity index (χ3v) is 4.19. The van der Waals surface area contributed by atoms with E-state index in [1.165, 1.54) is 13.0 Å². The largest absolute Gasteiger partial charge is 0.369 e. The molecule has 0 aromatic carbocycles. The Morgan fingerprint density at radius 3 is 2.85 bits per heavy atom. The molecule has 0 radical (unpaired) electrons. The Labute approximate surface area is 123 Å². The lowest BCUT2D eigenvalue weighted by Gasteiger charge is -2.32. The molecule has 108 valence electrons. The average molecular weight is 294 g/mol. The molecular weight excluding hydrogens is 274 g/mol. The van der Waals surface area contributed by atoms with Crippen LogP contribution in [0.5, 0.6) is 0 Å². The molecule has 6 heteroatoms. The molecule has 0 unspecified atom stereocenters. The molecule has 1 aliphatic heterocycles. The van der Waals surface area contributed by atoms with Crippen LogP contribution in [-0.4, -0.2) is 39.1 Å². The van der Waals surface area contributed by atoms with Gasteiger partial charge in [-0.3, -0.25) is 4.57 Å². The average Bonchev–Trinajstić information content (AvgIpc) is 2.75. The molecule has 0 aliphatic carbocycles. The summed E-state index contributed by atoms with van der Waals surface area (Å²) in [4.78, 5) is 11.3. The molecule has 1 fully saturated rings. The number of anilines is 1. The number of nitrogen functional groups attached to an aromatic ring is 1. The van der Waals surface area contributed by atoms with Crippen molar-refractivity contribution < 1.29 is 0 Å². The van der Waals surface area contributed by atoms with Gasteiger partial charge in [0.1, 0.15) is 5.52 Å². The molecule has 1 aliphatic rings. The Morgan fingerprint density at radius 2 is 2.15 bits per heavy atom. The van der Waals surface area contributed by atoms with Crippen molar-refractivity contribution in [2.24, 2.45) is 0 Å². The summed E-state index contributed by atoms with van der Waals surface area (Å²) in [7, 11) is 0. The van der Waals surface area contributed by atoms with E-state index in [4.69, 9.17) is 17.3 Å². The molecule has 2 aromatic rings. The van der Waals surface area contributed by atoms with Crippen LogP contribution in [0.3, 0.4) is 0 Å². The van der Waals surface area contributed by atoms with E-state index < -0.39 is 0 Å². The van der Waals surface area contributed by atoms with Crippen LogP contribution in [0.4, 0.5) is 5.95 Å². The molecular formula is C14H20ClN5. The fourth-order valence-corrected chi connectivity index (χ4v) is 3.20. The zero-order valence-electron chi connectivity index (χ0n) is 11.7. The van der Waals surface area contributed by atoms with Gasteiger partial charge in [0.2, 0.25) is 5.95 Å². The van der Waals surface area contributed by atoms with E-state index in [0.717, 1.165) is 37.1 Å². The van der Waals surface area contributed by atoms with Gasteiger partial charge in [0.05, 0.1) is 5.02 Å². The van der Waals surface area contributed by atoms with Crippen LogP contribution in [0.1, 0.15) is 32.2 Å². The number of rotatable bonds is 3. The maximum Gasteiger partial charge on any atom is 0.202 e. The molecule has 2 aromatic heterocycles. The summed E-state index contributed by atoms with van der Waals surface area (Å²) in [6.07, 6.45) is 5.06. The molecule has 0 atom stereocenters. The van der Waals surface area contributed by atoms with Crippen LogP contribution in [0.15, 0.2) is 12.3 Å². The fourth-order valence-electron chi connectivity index (χ4n) is 3.05. The van der Waals surface area contributed by atoms with Gasteiger partial charge in [0.25, 0.3) is 0 Å². The zero-order chi connectivity index (χ0) is 14.1. The number of hydrogen-bond acceptors (Lipinski definition) is 4. The third kappa shape index (κ3) is 2.47. The Kier molecular flexibility index (Phi) is 3.81. The van der Waals surface area contributed by atoms with Gasteiger partial charge in [-0.1, -0.05) is 18.5 Å². The quantitative estimate of drug-likeness (QED) is 0.945. The van der Waals surface area contributed by atoms with E-state index in [1.807, 2.05) is 6.07 Å². The molecule has 3 heterocycles. The summed E-state index contributed by atoms with van der Waals surface area (Å²) >= 11 is 5.96. The molecule has 0 saturated carbocycles. The first-order valence-electron chi connectivity index (χ1n) is 7.20.